The van der Waals surface area contributed by atoms with E-state index in [2.05, 4.69) is 10.3 Å². The summed E-state index contributed by atoms with van der Waals surface area (Å²) in [5.74, 6) is -0.801. The average Bonchev–Trinajstić information content (AvgIpc) is 2.74. The maximum Gasteiger partial charge on any atom is 0.255 e. The fraction of sp³-hybridized carbons (Fsp3) is 0.136. The van der Waals surface area contributed by atoms with Crippen LogP contribution in [0.5, 0.6) is 0 Å². The quantitative estimate of drug-likeness (QED) is 0.711. The Labute approximate surface area is 162 Å². The lowest BCUT2D eigenvalue weighted by Gasteiger charge is -2.17. The van der Waals surface area contributed by atoms with Crippen molar-refractivity contribution in [1.29, 1.82) is 0 Å². The summed E-state index contributed by atoms with van der Waals surface area (Å²) in [7, 11) is 1.75. The summed E-state index contributed by atoms with van der Waals surface area (Å²) < 4.78 is 12.9. The molecule has 0 fully saturated rings. The maximum atomic E-state index is 12.9. The number of pyridine rings is 1. The van der Waals surface area contributed by atoms with Crippen LogP contribution in [0, 0.1) is 5.82 Å². The van der Waals surface area contributed by atoms with Gasteiger partial charge in [0.05, 0.1) is 0 Å². The van der Waals surface area contributed by atoms with Crippen LogP contribution in [0.4, 0.5) is 10.1 Å². The lowest BCUT2D eigenvalue weighted by atomic mass is 10.1. The molecule has 0 saturated carbocycles. The van der Waals surface area contributed by atoms with Crippen LogP contribution in [-0.2, 0) is 6.42 Å². The van der Waals surface area contributed by atoms with Crippen molar-refractivity contribution in [3.05, 3.63) is 95.6 Å². The van der Waals surface area contributed by atoms with Gasteiger partial charge in [-0.05, 0) is 72.6 Å². The highest BCUT2D eigenvalue weighted by Gasteiger charge is 2.13. The maximum absolute atomic E-state index is 12.9. The minimum absolute atomic E-state index is 0.112. The second kappa shape index (κ2) is 8.90. The van der Waals surface area contributed by atoms with E-state index in [0.29, 0.717) is 23.4 Å². The lowest BCUT2D eigenvalue weighted by molar-refractivity contribution is 0.0796. The van der Waals surface area contributed by atoms with Crippen LogP contribution < -0.4 is 5.32 Å². The molecule has 28 heavy (non-hydrogen) atoms. The number of carbonyl (C=O) groups is 2. The van der Waals surface area contributed by atoms with Gasteiger partial charge < -0.3 is 10.2 Å². The Morgan fingerprint density at radius 2 is 1.54 bits per heavy atom. The van der Waals surface area contributed by atoms with Crippen molar-refractivity contribution in [2.75, 3.05) is 18.9 Å². The third-order valence-corrected chi connectivity index (χ3v) is 4.33. The van der Waals surface area contributed by atoms with Gasteiger partial charge in [-0.1, -0.05) is 0 Å². The number of benzene rings is 2. The Bertz CT molecular complexity index is 942. The Hall–Kier alpha value is -3.54. The first-order chi connectivity index (χ1) is 13.5. The highest BCUT2D eigenvalue weighted by atomic mass is 19.1. The smallest absolute Gasteiger partial charge is 0.255 e. The lowest BCUT2D eigenvalue weighted by Crippen LogP contribution is -2.28. The summed E-state index contributed by atoms with van der Waals surface area (Å²) >= 11 is 0. The SMILES string of the molecule is CN(CCc1ccncc1)C(=O)c1ccc(C(=O)Nc2ccc(F)cc2)cc1. The second-order valence-electron chi connectivity index (χ2n) is 6.37. The van der Waals surface area contributed by atoms with Crippen molar-refractivity contribution in [2.45, 2.75) is 6.42 Å². The molecule has 5 nitrogen and oxygen atoms in total. The van der Waals surface area contributed by atoms with Crippen LogP contribution >= 0.6 is 0 Å². The van der Waals surface area contributed by atoms with Crippen molar-refractivity contribution >= 4 is 17.5 Å². The first kappa shape index (κ1) is 19.2. The Morgan fingerprint density at radius 1 is 0.929 bits per heavy atom. The first-order valence-corrected chi connectivity index (χ1v) is 8.84. The number of nitrogens with one attached hydrogen (secondary N) is 1. The molecule has 1 aromatic heterocycles. The monoisotopic (exact) mass is 377 g/mol. The summed E-state index contributed by atoms with van der Waals surface area (Å²) in [6.45, 7) is 0.579. The molecule has 0 spiro atoms. The molecule has 1 N–H and O–H groups in total. The molecule has 0 aliphatic carbocycles. The molecule has 0 saturated heterocycles. The fourth-order valence-electron chi connectivity index (χ4n) is 2.67. The number of carbonyl (C=O) groups excluding carboxylic acids is 2. The zero-order valence-electron chi connectivity index (χ0n) is 15.4. The van der Waals surface area contributed by atoms with Gasteiger partial charge in [-0.15, -0.1) is 0 Å². The molecular weight excluding hydrogens is 357 g/mol. The topological polar surface area (TPSA) is 62.3 Å². The van der Waals surface area contributed by atoms with Crippen molar-refractivity contribution in [2.24, 2.45) is 0 Å². The minimum Gasteiger partial charge on any atom is -0.341 e. The van der Waals surface area contributed by atoms with Crippen LogP contribution in [0.2, 0.25) is 0 Å². The molecule has 0 aliphatic heterocycles. The van der Waals surface area contributed by atoms with Crippen LogP contribution in [-0.4, -0.2) is 35.3 Å². The number of aromatic nitrogens is 1. The normalized spacial score (nSPS) is 10.4. The number of anilines is 1. The summed E-state index contributed by atoms with van der Waals surface area (Å²) in [6, 6.07) is 15.8. The van der Waals surface area contributed by atoms with Crippen molar-refractivity contribution in [3.63, 3.8) is 0 Å². The summed E-state index contributed by atoms with van der Waals surface area (Å²) in [5.41, 5.74) is 2.54. The van der Waals surface area contributed by atoms with Crippen LogP contribution in [0.25, 0.3) is 0 Å². The van der Waals surface area contributed by atoms with Gasteiger partial charge in [0.1, 0.15) is 5.82 Å². The molecule has 142 valence electrons. The van der Waals surface area contributed by atoms with Crippen molar-refractivity contribution in [1.82, 2.24) is 9.88 Å². The number of hydrogen-bond acceptors (Lipinski definition) is 3. The van der Waals surface area contributed by atoms with Gasteiger partial charge >= 0.3 is 0 Å². The van der Waals surface area contributed by atoms with Crippen LogP contribution in [0.1, 0.15) is 26.3 Å². The van der Waals surface area contributed by atoms with E-state index in [1.54, 1.807) is 48.6 Å². The number of likely N-dealkylation sites (N-methyl/N-ethyl adjacent to an activating group) is 1. The molecule has 0 aliphatic rings. The second-order valence-corrected chi connectivity index (χ2v) is 6.37. The van der Waals surface area contributed by atoms with Gasteiger partial charge in [0.25, 0.3) is 11.8 Å². The van der Waals surface area contributed by atoms with E-state index in [0.717, 1.165) is 12.0 Å². The van der Waals surface area contributed by atoms with E-state index < -0.39 is 0 Å². The number of halogens is 1. The number of rotatable bonds is 6. The number of hydrogen-bond donors (Lipinski definition) is 1. The molecule has 3 aromatic rings. The van der Waals surface area contributed by atoms with E-state index in [1.165, 1.54) is 24.3 Å². The summed E-state index contributed by atoms with van der Waals surface area (Å²) in [5, 5.41) is 2.69. The Kier molecular flexibility index (Phi) is 6.11. The molecule has 1 heterocycles. The van der Waals surface area contributed by atoms with Crippen LogP contribution in [0.3, 0.4) is 0 Å². The van der Waals surface area contributed by atoms with E-state index in [4.69, 9.17) is 0 Å². The first-order valence-electron chi connectivity index (χ1n) is 8.84. The molecule has 6 heteroatoms. The summed E-state index contributed by atoms with van der Waals surface area (Å²) in [6.07, 6.45) is 4.20. The van der Waals surface area contributed by atoms with Gasteiger partial charge in [0.2, 0.25) is 0 Å². The van der Waals surface area contributed by atoms with Crippen LogP contribution in [0.15, 0.2) is 73.1 Å². The third kappa shape index (κ3) is 5.01. The fourth-order valence-corrected chi connectivity index (χ4v) is 2.67. The average molecular weight is 377 g/mol. The molecule has 2 amide bonds. The van der Waals surface area contributed by atoms with E-state index in [-0.39, 0.29) is 17.6 Å². The molecule has 0 unspecified atom stereocenters. The zero-order chi connectivity index (χ0) is 19.9. The molecule has 0 atom stereocenters. The van der Waals surface area contributed by atoms with E-state index in [1.807, 2.05) is 12.1 Å². The highest BCUT2D eigenvalue weighted by Crippen LogP contribution is 2.12. The van der Waals surface area contributed by atoms with E-state index in [9.17, 15) is 14.0 Å². The Balaban J connectivity index is 1.58. The van der Waals surface area contributed by atoms with Crippen molar-refractivity contribution < 1.29 is 14.0 Å². The molecule has 0 bridgehead atoms. The van der Waals surface area contributed by atoms with Crippen molar-refractivity contribution in [3.8, 4) is 0 Å². The number of nitrogens with zero attached hydrogens (tertiary/aromatic N) is 2. The zero-order valence-corrected chi connectivity index (χ0v) is 15.4. The molecule has 0 radical (unpaired) electrons. The van der Waals surface area contributed by atoms with E-state index >= 15 is 0 Å². The minimum atomic E-state index is -0.367. The molecular formula is C22H20FN3O2. The van der Waals surface area contributed by atoms with Gasteiger partial charge in [0, 0.05) is 42.8 Å². The molecule has 2 aromatic carbocycles. The van der Waals surface area contributed by atoms with Gasteiger partial charge in [0.15, 0.2) is 0 Å². The standard InChI is InChI=1S/C22H20FN3O2/c1-26(15-12-16-10-13-24-14-11-16)22(28)18-4-2-17(3-5-18)21(27)25-20-8-6-19(23)7-9-20/h2-11,13-14H,12,15H2,1H3,(H,25,27). The predicted octanol–water partition coefficient (Wildman–Crippen LogP) is 3.79. The Morgan fingerprint density at radius 3 is 2.18 bits per heavy atom. The predicted molar refractivity (Wildman–Crippen MR) is 106 cm³/mol. The van der Waals surface area contributed by atoms with Gasteiger partial charge in [-0.3, -0.25) is 14.6 Å². The highest BCUT2D eigenvalue weighted by molar-refractivity contribution is 6.05. The largest absolute Gasteiger partial charge is 0.341 e. The number of amides is 2. The van der Waals surface area contributed by atoms with Gasteiger partial charge in [-0.25, -0.2) is 4.39 Å². The third-order valence-electron chi connectivity index (χ3n) is 4.33. The summed E-state index contributed by atoms with van der Waals surface area (Å²) in [4.78, 5) is 30.4. The molecule has 3 rings (SSSR count). The van der Waals surface area contributed by atoms with Gasteiger partial charge in [-0.2, -0.15) is 0 Å².